The molecule has 3 N–H and O–H groups in total. The molecule has 1 aliphatic rings. The van der Waals surface area contributed by atoms with E-state index in [0.29, 0.717) is 12.2 Å². The van der Waals surface area contributed by atoms with Gasteiger partial charge in [0.2, 0.25) is 0 Å². The topological polar surface area (TPSA) is 111 Å². The predicted molar refractivity (Wildman–Crippen MR) is 66.7 cm³/mol. The Kier molecular flexibility index (Phi) is 4.16. The summed E-state index contributed by atoms with van der Waals surface area (Å²) in [6.45, 7) is 0. The standard InChI is InChI=1S/C12H17N3O4/c13-9(11(16)17)6-3-5-8-4-1-2-7-10-14-19-12(18)15(8)10/h3,6,8-9H,1-2,4-5,7,13H2,(H,16,17)/b6-3-/t8?,9-/m0/s1. The molecule has 1 unspecified atom stereocenters. The molecule has 7 nitrogen and oxygen atoms in total. The summed E-state index contributed by atoms with van der Waals surface area (Å²) in [6, 6.07) is -1.04. The molecule has 2 atom stereocenters. The molecule has 0 aromatic carbocycles. The number of rotatable bonds is 4. The molecule has 0 saturated heterocycles. The first kappa shape index (κ1) is 13.5. The van der Waals surface area contributed by atoms with E-state index in [-0.39, 0.29) is 6.04 Å². The smallest absolute Gasteiger partial charge is 0.441 e. The van der Waals surface area contributed by atoms with E-state index < -0.39 is 17.8 Å². The van der Waals surface area contributed by atoms with E-state index in [1.54, 1.807) is 10.6 Å². The molecular weight excluding hydrogens is 250 g/mol. The highest BCUT2D eigenvalue weighted by atomic mass is 16.5. The number of carboxylic acid groups (broad SMARTS) is 1. The molecule has 0 saturated carbocycles. The summed E-state index contributed by atoms with van der Waals surface area (Å²) in [5.41, 5.74) is 5.38. The molecule has 19 heavy (non-hydrogen) atoms. The van der Waals surface area contributed by atoms with E-state index in [1.165, 1.54) is 6.08 Å². The number of carboxylic acids is 1. The van der Waals surface area contributed by atoms with Gasteiger partial charge in [0.05, 0.1) is 0 Å². The van der Waals surface area contributed by atoms with Gasteiger partial charge in [0.15, 0.2) is 5.82 Å². The maximum absolute atomic E-state index is 11.6. The lowest BCUT2D eigenvalue weighted by atomic mass is 10.1. The van der Waals surface area contributed by atoms with Crippen LogP contribution in [0.2, 0.25) is 0 Å². The third-order valence-electron chi connectivity index (χ3n) is 3.29. The van der Waals surface area contributed by atoms with Gasteiger partial charge in [-0.15, -0.1) is 0 Å². The zero-order valence-corrected chi connectivity index (χ0v) is 10.5. The van der Waals surface area contributed by atoms with Crippen LogP contribution in [0.25, 0.3) is 0 Å². The highest BCUT2D eigenvalue weighted by Crippen LogP contribution is 2.24. The van der Waals surface area contributed by atoms with E-state index in [1.807, 2.05) is 0 Å². The third kappa shape index (κ3) is 3.11. The van der Waals surface area contributed by atoms with Crippen LogP contribution in [0.4, 0.5) is 0 Å². The van der Waals surface area contributed by atoms with E-state index in [4.69, 9.17) is 10.8 Å². The molecule has 1 aromatic rings. The highest BCUT2D eigenvalue weighted by molar-refractivity contribution is 5.75. The SMILES string of the molecule is N[C@@H](/C=C\CC1CCCCc2noc(=O)n21)C(=O)O. The van der Waals surface area contributed by atoms with Crippen molar-refractivity contribution < 1.29 is 14.4 Å². The second kappa shape index (κ2) is 5.83. The maximum Gasteiger partial charge on any atom is 0.441 e. The van der Waals surface area contributed by atoms with Crippen molar-refractivity contribution in [2.75, 3.05) is 0 Å². The van der Waals surface area contributed by atoms with Crippen LogP contribution in [0.3, 0.4) is 0 Å². The van der Waals surface area contributed by atoms with Gasteiger partial charge >= 0.3 is 11.7 Å². The van der Waals surface area contributed by atoms with Gasteiger partial charge < -0.3 is 10.8 Å². The van der Waals surface area contributed by atoms with Crippen LogP contribution in [-0.2, 0) is 11.2 Å². The number of hydrogen-bond acceptors (Lipinski definition) is 5. The average molecular weight is 267 g/mol. The minimum atomic E-state index is -1.07. The van der Waals surface area contributed by atoms with Gasteiger partial charge in [0, 0.05) is 12.5 Å². The van der Waals surface area contributed by atoms with Crippen molar-refractivity contribution in [2.45, 2.75) is 44.2 Å². The molecule has 1 aliphatic heterocycles. The van der Waals surface area contributed by atoms with Crippen LogP contribution >= 0.6 is 0 Å². The fraction of sp³-hybridized carbons (Fsp3) is 0.583. The van der Waals surface area contributed by atoms with Crippen molar-refractivity contribution in [3.8, 4) is 0 Å². The van der Waals surface area contributed by atoms with E-state index in [0.717, 1.165) is 25.7 Å². The van der Waals surface area contributed by atoms with Gasteiger partial charge in [0.1, 0.15) is 6.04 Å². The summed E-state index contributed by atoms with van der Waals surface area (Å²) < 4.78 is 6.26. The van der Waals surface area contributed by atoms with E-state index >= 15 is 0 Å². The van der Waals surface area contributed by atoms with Gasteiger partial charge in [-0.05, 0) is 19.3 Å². The van der Waals surface area contributed by atoms with Crippen molar-refractivity contribution in [3.63, 3.8) is 0 Å². The summed E-state index contributed by atoms with van der Waals surface area (Å²) in [7, 11) is 0. The molecule has 0 spiro atoms. The number of aliphatic carboxylic acids is 1. The number of aryl methyl sites for hydroxylation is 1. The zero-order chi connectivity index (χ0) is 13.8. The van der Waals surface area contributed by atoms with Crippen molar-refractivity contribution in [2.24, 2.45) is 5.73 Å². The van der Waals surface area contributed by atoms with Gasteiger partial charge in [-0.3, -0.25) is 13.9 Å². The van der Waals surface area contributed by atoms with Crippen LogP contribution < -0.4 is 11.5 Å². The van der Waals surface area contributed by atoms with Crippen LogP contribution in [-0.4, -0.2) is 26.8 Å². The summed E-state index contributed by atoms with van der Waals surface area (Å²) in [6.07, 6.45) is 7.26. The number of nitrogens with zero attached hydrogens (tertiary/aromatic N) is 2. The molecular formula is C12H17N3O4. The van der Waals surface area contributed by atoms with Crippen LogP contribution in [0, 0.1) is 0 Å². The lowest BCUT2D eigenvalue weighted by Crippen LogP contribution is -2.27. The number of aromatic nitrogens is 2. The summed E-state index contributed by atoms with van der Waals surface area (Å²) >= 11 is 0. The molecule has 2 rings (SSSR count). The second-order valence-electron chi connectivity index (χ2n) is 4.66. The zero-order valence-electron chi connectivity index (χ0n) is 10.5. The molecule has 0 amide bonds. The Balaban J connectivity index is 2.10. The van der Waals surface area contributed by atoms with E-state index in [9.17, 15) is 9.59 Å². The lowest BCUT2D eigenvalue weighted by Gasteiger charge is -2.13. The van der Waals surface area contributed by atoms with Crippen LogP contribution in [0.5, 0.6) is 0 Å². The molecule has 2 heterocycles. The van der Waals surface area contributed by atoms with E-state index in [2.05, 4.69) is 9.68 Å². The fourth-order valence-corrected chi connectivity index (χ4v) is 2.29. The first-order chi connectivity index (χ1) is 9.09. The van der Waals surface area contributed by atoms with Crippen molar-refractivity contribution >= 4 is 5.97 Å². The van der Waals surface area contributed by atoms with Crippen LogP contribution in [0.1, 0.15) is 37.5 Å². The molecule has 0 fully saturated rings. The van der Waals surface area contributed by atoms with Crippen molar-refractivity contribution in [3.05, 3.63) is 28.5 Å². The third-order valence-corrected chi connectivity index (χ3v) is 3.29. The number of carbonyl (C=O) groups is 1. The molecule has 104 valence electrons. The lowest BCUT2D eigenvalue weighted by molar-refractivity contribution is -0.137. The van der Waals surface area contributed by atoms with Gasteiger partial charge in [0.25, 0.3) is 0 Å². The van der Waals surface area contributed by atoms with Gasteiger partial charge in [-0.1, -0.05) is 23.7 Å². The Morgan fingerprint density at radius 3 is 3.16 bits per heavy atom. The number of nitrogens with two attached hydrogens (primary N) is 1. The van der Waals surface area contributed by atoms with Gasteiger partial charge in [-0.25, -0.2) is 4.79 Å². The first-order valence-corrected chi connectivity index (χ1v) is 6.31. The minimum absolute atomic E-state index is 0.0338. The summed E-state index contributed by atoms with van der Waals surface area (Å²) in [5.74, 6) is -0.846. The van der Waals surface area contributed by atoms with Crippen LogP contribution in [0.15, 0.2) is 21.5 Å². The second-order valence-corrected chi connectivity index (χ2v) is 4.66. The summed E-state index contributed by atoms with van der Waals surface area (Å²) in [5, 5.41) is 12.4. The Hall–Kier alpha value is -1.89. The number of hydrogen-bond donors (Lipinski definition) is 2. The Morgan fingerprint density at radius 1 is 1.63 bits per heavy atom. The average Bonchev–Trinajstić information content (AvgIpc) is 2.61. The molecule has 1 aromatic heterocycles. The monoisotopic (exact) mass is 267 g/mol. The van der Waals surface area contributed by atoms with Crippen molar-refractivity contribution in [1.29, 1.82) is 0 Å². The Bertz CT molecular complexity index is 531. The number of allylic oxidation sites excluding steroid dienone is 1. The van der Waals surface area contributed by atoms with Crippen molar-refractivity contribution in [1.82, 2.24) is 9.72 Å². The normalized spacial score (nSPS) is 21.0. The Labute approximate surface area is 109 Å². The molecule has 0 radical (unpaired) electrons. The minimum Gasteiger partial charge on any atom is -0.480 e. The largest absolute Gasteiger partial charge is 0.480 e. The molecule has 0 bridgehead atoms. The van der Waals surface area contributed by atoms with Gasteiger partial charge in [-0.2, -0.15) is 0 Å². The first-order valence-electron chi connectivity index (χ1n) is 6.31. The molecule has 7 heteroatoms. The number of fused-ring (bicyclic) bond motifs is 1. The quantitative estimate of drug-likeness (QED) is 0.767. The summed E-state index contributed by atoms with van der Waals surface area (Å²) in [4.78, 5) is 22.2. The Morgan fingerprint density at radius 2 is 2.42 bits per heavy atom. The highest BCUT2D eigenvalue weighted by Gasteiger charge is 2.22. The predicted octanol–water partition coefficient (Wildman–Crippen LogP) is 0.462. The fourth-order valence-electron chi connectivity index (χ4n) is 2.29. The molecule has 0 aliphatic carbocycles. The maximum atomic E-state index is 11.6.